The van der Waals surface area contributed by atoms with Crippen LogP contribution in [-0.2, 0) is 0 Å². The summed E-state index contributed by atoms with van der Waals surface area (Å²) in [5.41, 5.74) is 5.55. The van der Waals surface area contributed by atoms with Crippen LogP contribution in [0.3, 0.4) is 0 Å². The molecule has 0 bridgehead atoms. The Morgan fingerprint density at radius 2 is 1.09 bits per heavy atom. The van der Waals surface area contributed by atoms with E-state index < -0.39 is 0 Å². The van der Waals surface area contributed by atoms with Gasteiger partial charge in [-0.2, -0.15) is 0 Å². The van der Waals surface area contributed by atoms with Crippen molar-refractivity contribution >= 4 is 68.1 Å². The summed E-state index contributed by atoms with van der Waals surface area (Å²) < 4.78 is 8.19. The summed E-state index contributed by atoms with van der Waals surface area (Å²) in [5.74, 6) is 0.807. The Bertz CT molecular complexity index is 1170. The minimum absolute atomic E-state index is 0.152. The van der Waals surface area contributed by atoms with Crippen LogP contribution in [-0.4, -0.2) is 5.90 Å². The third-order valence-electron chi connectivity index (χ3n) is 4.87. The quantitative estimate of drug-likeness (QED) is 0.130. The number of para-hydroxylation sites is 2. The molecule has 0 aliphatic heterocycles. The lowest BCUT2D eigenvalue weighted by molar-refractivity contribution is 0.550. The number of anilines is 3. The molecular weight excluding hydrogens is 622 g/mol. The van der Waals surface area contributed by atoms with Crippen LogP contribution in [0.2, 0.25) is 0 Å². The highest BCUT2D eigenvalue weighted by molar-refractivity contribution is 14.1. The number of nitrogens with one attached hydrogen (secondary N) is 1. The number of nitrogens with zero attached hydrogens (tertiary/aromatic N) is 1. The Hall–Kier alpha value is -2.65. The monoisotopic (exact) mass is 642 g/mol. The molecule has 4 aromatic carbocycles. The minimum atomic E-state index is 0.152. The van der Waals surface area contributed by atoms with E-state index >= 15 is 0 Å². The normalized spacial score (nSPS) is 11.1. The highest BCUT2D eigenvalue weighted by Gasteiger charge is 2.12. The van der Waals surface area contributed by atoms with Crippen molar-refractivity contribution < 1.29 is 4.74 Å². The molecule has 4 rings (SSSR count). The zero-order valence-electron chi connectivity index (χ0n) is 17.1. The summed E-state index contributed by atoms with van der Waals surface area (Å²) in [7, 11) is 0. The number of hydrogen-bond donors (Lipinski definition) is 1. The largest absolute Gasteiger partial charge is 0.438 e. The van der Waals surface area contributed by atoms with Crippen LogP contribution in [0.4, 0.5) is 17.1 Å². The average Bonchev–Trinajstić information content (AvgIpc) is 2.86. The third kappa shape index (κ3) is 5.39. The molecule has 0 amide bonds. The summed E-state index contributed by atoms with van der Waals surface area (Å²) in [6.45, 7) is 0. The Morgan fingerprint density at radius 1 is 0.656 bits per heavy atom. The van der Waals surface area contributed by atoms with Crippen molar-refractivity contribution in [3.8, 4) is 16.9 Å². The highest BCUT2D eigenvalue weighted by atomic mass is 127. The first-order chi connectivity index (χ1) is 15.7. The molecule has 0 fully saturated rings. The molecular formula is C27H20I2N2O. The van der Waals surface area contributed by atoms with Gasteiger partial charge in [-0.05, 0) is 86.3 Å². The molecule has 0 spiro atoms. The van der Waals surface area contributed by atoms with Crippen LogP contribution in [0.1, 0.15) is 0 Å². The maximum absolute atomic E-state index is 7.95. The zero-order chi connectivity index (χ0) is 22.3. The first-order valence-electron chi connectivity index (χ1n) is 9.99. The highest BCUT2D eigenvalue weighted by Crippen LogP contribution is 2.35. The van der Waals surface area contributed by atoms with Crippen LogP contribution < -0.4 is 9.64 Å². The number of ether oxygens (including phenoxy) is 1. The molecule has 0 aromatic heterocycles. The lowest BCUT2D eigenvalue weighted by atomic mass is 10.0. The molecule has 0 saturated carbocycles. The topological polar surface area (TPSA) is 36.3 Å². The minimum Gasteiger partial charge on any atom is -0.438 e. The van der Waals surface area contributed by atoms with E-state index in [1.165, 1.54) is 0 Å². The van der Waals surface area contributed by atoms with Gasteiger partial charge in [0.2, 0.25) is 5.90 Å². The van der Waals surface area contributed by atoms with Crippen LogP contribution in [0.25, 0.3) is 11.1 Å². The van der Waals surface area contributed by atoms with Gasteiger partial charge in [0.1, 0.15) is 5.75 Å². The SMILES string of the molecule is N=C(Oc1ccc(-c2ccc(N(c3ccccc3)c3ccccc3)cc2)cc1)/C(I)=C\I. The number of halogens is 2. The molecule has 5 heteroatoms. The molecule has 0 heterocycles. The van der Waals surface area contributed by atoms with Crippen molar-refractivity contribution in [1.29, 1.82) is 5.41 Å². The second-order valence-corrected chi connectivity index (χ2v) is 8.75. The lowest BCUT2D eigenvalue weighted by Gasteiger charge is -2.25. The van der Waals surface area contributed by atoms with Gasteiger partial charge in [-0.1, -0.05) is 83.3 Å². The predicted molar refractivity (Wildman–Crippen MR) is 151 cm³/mol. The second-order valence-electron chi connectivity index (χ2n) is 6.97. The number of hydrogen-bond acceptors (Lipinski definition) is 3. The molecule has 0 radical (unpaired) electrons. The summed E-state index contributed by atoms with van der Waals surface area (Å²) in [6.07, 6.45) is 0. The van der Waals surface area contributed by atoms with Crippen LogP contribution in [0.5, 0.6) is 5.75 Å². The van der Waals surface area contributed by atoms with Gasteiger partial charge in [-0.15, -0.1) is 0 Å². The number of benzene rings is 4. The molecule has 1 N–H and O–H groups in total. The van der Waals surface area contributed by atoms with E-state index in [4.69, 9.17) is 10.1 Å². The number of rotatable bonds is 6. The van der Waals surface area contributed by atoms with E-state index in [1.54, 1.807) is 0 Å². The average molecular weight is 642 g/mol. The Labute approximate surface area is 215 Å². The fraction of sp³-hybridized carbons (Fsp3) is 0. The van der Waals surface area contributed by atoms with E-state index in [1.807, 2.05) is 40.5 Å². The molecule has 0 aliphatic carbocycles. The molecule has 158 valence electrons. The molecule has 3 nitrogen and oxygen atoms in total. The van der Waals surface area contributed by atoms with Gasteiger partial charge in [0.05, 0.1) is 3.58 Å². The summed E-state index contributed by atoms with van der Waals surface area (Å²) in [6, 6.07) is 37.1. The molecule has 0 atom stereocenters. The second kappa shape index (κ2) is 10.8. The summed E-state index contributed by atoms with van der Waals surface area (Å²) in [4.78, 5) is 2.24. The molecule has 0 aliphatic rings. The van der Waals surface area contributed by atoms with Gasteiger partial charge >= 0.3 is 0 Å². The van der Waals surface area contributed by atoms with Crippen LogP contribution >= 0.6 is 45.2 Å². The van der Waals surface area contributed by atoms with Crippen LogP contribution in [0.15, 0.2) is 117 Å². The smallest absolute Gasteiger partial charge is 0.225 e. The van der Waals surface area contributed by atoms with Crippen molar-refractivity contribution in [2.24, 2.45) is 0 Å². The van der Waals surface area contributed by atoms with Gasteiger partial charge in [-0.25, -0.2) is 0 Å². The molecule has 4 aromatic rings. The first kappa shape index (κ1) is 22.5. The molecule has 32 heavy (non-hydrogen) atoms. The van der Waals surface area contributed by atoms with Crippen molar-refractivity contribution in [3.63, 3.8) is 0 Å². The third-order valence-corrected chi connectivity index (χ3v) is 7.49. The van der Waals surface area contributed by atoms with E-state index in [9.17, 15) is 0 Å². The van der Waals surface area contributed by atoms with E-state index in [0.717, 1.165) is 31.8 Å². The van der Waals surface area contributed by atoms with Crippen molar-refractivity contribution in [3.05, 3.63) is 117 Å². The van der Waals surface area contributed by atoms with Crippen molar-refractivity contribution in [2.45, 2.75) is 0 Å². The van der Waals surface area contributed by atoms with E-state index in [0.29, 0.717) is 5.75 Å². The first-order valence-corrected chi connectivity index (χ1v) is 12.3. The Balaban J connectivity index is 1.58. The molecule has 0 saturated heterocycles. The summed E-state index contributed by atoms with van der Waals surface area (Å²) >= 11 is 4.20. The van der Waals surface area contributed by atoms with Crippen LogP contribution in [0, 0.1) is 5.41 Å². The predicted octanol–water partition coefficient (Wildman–Crippen LogP) is 8.89. The standard InChI is InChI=1S/C27H20I2N2O/c28-19-26(29)27(30)32-25-17-13-21(14-18-25)20-11-15-24(16-12-20)31(22-7-3-1-4-8-22)23-9-5-2-6-10-23/h1-19,30H/b26-19+,30-27?. The van der Waals surface area contributed by atoms with E-state index in [-0.39, 0.29) is 5.90 Å². The van der Waals surface area contributed by atoms with Crippen molar-refractivity contribution in [2.75, 3.05) is 4.90 Å². The zero-order valence-corrected chi connectivity index (χ0v) is 21.4. The van der Waals surface area contributed by atoms with Gasteiger partial charge < -0.3 is 9.64 Å². The van der Waals surface area contributed by atoms with Gasteiger partial charge in [-0.3, -0.25) is 5.41 Å². The fourth-order valence-electron chi connectivity index (χ4n) is 3.34. The fourth-order valence-corrected chi connectivity index (χ4v) is 3.73. The van der Waals surface area contributed by atoms with E-state index in [2.05, 4.69) is 123 Å². The molecule has 0 unspecified atom stereocenters. The Morgan fingerprint density at radius 3 is 1.56 bits per heavy atom. The van der Waals surface area contributed by atoms with Gasteiger partial charge in [0.25, 0.3) is 0 Å². The van der Waals surface area contributed by atoms with Crippen molar-refractivity contribution in [1.82, 2.24) is 0 Å². The Kier molecular flexibility index (Phi) is 7.59. The lowest BCUT2D eigenvalue weighted by Crippen LogP contribution is -2.09. The maximum Gasteiger partial charge on any atom is 0.225 e. The van der Waals surface area contributed by atoms with Gasteiger partial charge in [0.15, 0.2) is 0 Å². The summed E-state index contributed by atoms with van der Waals surface area (Å²) in [5, 5.41) is 7.95. The maximum atomic E-state index is 7.95. The van der Waals surface area contributed by atoms with Gasteiger partial charge in [0, 0.05) is 17.1 Å².